The first-order valence-corrected chi connectivity index (χ1v) is 10.9. The molecule has 2 aliphatic rings. The minimum atomic E-state index is -0.0663. The van der Waals surface area contributed by atoms with Gasteiger partial charge in [-0.05, 0) is 65.8 Å². The van der Waals surface area contributed by atoms with E-state index in [9.17, 15) is 4.79 Å². The van der Waals surface area contributed by atoms with Crippen LogP contribution in [0, 0.1) is 12.8 Å². The molecule has 0 spiro atoms. The zero-order chi connectivity index (χ0) is 21.8. The van der Waals surface area contributed by atoms with Crippen molar-refractivity contribution in [2.24, 2.45) is 5.92 Å². The lowest BCUT2D eigenvalue weighted by Gasteiger charge is -2.17. The number of fused-ring (bicyclic) bond motifs is 3. The van der Waals surface area contributed by atoms with Crippen LogP contribution in [0.3, 0.4) is 0 Å². The maximum atomic E-state index is 12.8. The Kier molecular flexibility index (Phi) is 4.15. The van der Waals surface area contributed by atoms with Gasteiger partial charge in [0.05, 0.1) is 28.7 Å². The molecule has 1 aliphatic heterocycles. The number of hydrogen-bond donors (Lipinski definition) is 2. The Morgan fingerprint density at radius 2 is 2.03 bits per heavy atom. The molecule has 0 saturated carbocycles. The number of aromatic nitrogens is 3. The summed E-state index contributed by atoms with van der Waals surface area (Å²) < 4.78 is 1.89. The highest BCUT2D eigenvalue weighted by Crippen LogP contribution is 2.37. The van der Waals surface area contributed by atoms with Crippen LogP contribution in [0.15, 0.2) is 54.9 Å². The number of pyridine rings is 2. The molecule has 6 rings (SSSR count). The third-order valence-electron chi connectivity index (χ3n) is 6.32. The molecule has 0 fully saturated rings. The monoisotopic (exact) mass is 421 g/mol. The average molecular weight is 422 g/mol. The highest BCUT2D eigenvalue weighted by Gasteiger charge is 2.27. The van der Waals surface area contributed by atoms with Gasteiger partial charge in [0.1, 0.15) is 5.82 Å². The van der Waals surface area contributed by atoms with Gasteiger partial charge in [0, 0.05) is 18.3 Å². The first-order chi connectivity index (χ1) is 15.6. The van der Waals surface area contributed by atoms with Crippen molar-refractivity contribution in [2.75, 3.05) is 5.32 Å². The predicted molar refractivity (Wildman–Crippen MR) is 126 cm³/mol. The quantitative estimate of drug-likeness (QED) is 0.494. The zero-order valence-electron chi connectivity index (χ0n) is 18.0. The van der Waals surface area contributed by atoms with Crippen molar-refractivity contribution in [3.05, 3.63) is 82.8 Å². The molecule has 3 aromatic heterocycles. The Morgan fingerprint density at radius 3 is 2.94 bits per heavy atom. The second kappa shape index (κ2) is 7.05. The lowest BCUT2D eigenvalue weighted by Crippen LogP contribution is -2.13. The third-order valence-corrected chi connectivity index (χ3v) is 6.32. The van der Waals surface area contributed by atoms with E-state index in [2.05, 4.69) is 59.1 Å². The number of nitrogens with zero attached hydrogens (tertiary/aromatic N) is 3. The fraction of sp³-hybridized carbons (Fsp3) is 0.192. The fourth-order valence-corrected chi connectivity index (χ4v) is 4.70. The highest BCUT2D eigenvalue weighted by molar-refractivity contribution is 6.06. The molecule has 32 heavy (non-hydrogen) atoms. The van der Waals surface area contributed by atoms with Crippen LogP contribution in [0.25, 0.3) is 22.7 Å². The van der Waals surface area contributed by atoms with Gasteiger partial charge in [-0.3, -0.25) is 4.79 Å². The minimum Gasteiger partial charge on any atom is -0.348 e. The Balaban J connectivity index is 1.41. The van der Waals surface area contributed by atoms with E-state index in [1.165, 1.54) is 5.56 Å². The summed E-state index contributed by atoms with van der Waals surface area (Å²) in [5, 5.41) is 10.9. The largest absolute Gasteiger partial charge is 0.348 e. The van der Waals surface area contributed by atoms with Crippen LogP contribution in [-0.4, -0.2) is 20.5 Å². The molecule has 1 aliphatic carbocycles. The molecule has 1 unspecified atom stereocenters. The summed E-state index contributed by atoms with van der Waals surface area (Å²) in [6, 6.07) is 12.3. The topological polar surface area (TPSA) is 71.3 Å². The standard InChI is InChI=1S/C26H23N5O/c1-15-3-7-21-17(11-15)5-10-24(29-21)30-22-8-6-18(20-12-27-26(32)25(20)22)19-13-28-31-14-16(2)4-9-23(19)31/h3-10,13-15H,11-12H2,1-2H3,(H,27,32)(H,29,30). The summed E-state index contributed by atoms with van der Waals surface area (Å²) in [5.74, 6) is 1.21. The number of aryl methyl sites for hydroxylation is 1. The van der Waals surface area contributed by atoms with E-state index in [1.54, 1.807) is 0 Å². The number of anilines is 2. The van der Waals surface area contributed by atoms with Crippen LogP contribution >= 0.6 is 0 Å². The van der Waals surface area contributed by atoms with Gasteiger partial charge in [0.15, 0.2) is 0 Å². The zero-order valence-corrected chi connectivity index (χ0v) is 18.0. The van der Waals surface area contributed by atoms with E-state index in [4.69, 9.17) is 4.98 Å². The summed E-state index contributed by atoms with van der Waals surface area (Å²) in [4.78, 5) is 17.5. The minimum absolute atomic E-state index is 0.0663. The van der Waals surface area contributed by atoms with Crippen molar-refractivity contribution in [1.82, 2.24) is 19.9 Å². The molecule has 0 radical (unpaired) electrons. The Bertz CT molecular complexity index is 1430. The number of hydrogen-bond acceptors (Lipinski definition) is 4. The summed E-state index contributed by atoms with van der Waals surface area (Å²) >= 11 is 0. The van der Waals surface area contributed by atoms with E-state index in [-0.39, 0.29) is 5.91 Å². The van der Waals surface area contributed by atoms with Crippen LogP contribution in [0.2, 0.25) is 0 Å². The molecule has 2 N–H and O–H groups in total. The number of rotatable bonds is 3. The van der Waals surface area contributed by atoms with E-state index >= 15 is 0 Å². The van der Waals surface area contributed by atoms with Crippen LogP contribution in [0.5, 0.6) is 0 Å². The first-order valence-electron chi connectivity index (χ1n) is 10.9. The molecule has 4 aromatic rings. The number of nitrogens with one attached hydrogen (secondary N) is 2. The Morgan fingerprint density at radius 1 is 1.12 bits per heavy atom. The average Bonchev–Trinajstić information content (AvgIpc) is 3.38. The second-order valence-corrected chi connectivity index (χ2v) is 8.70. The van der Waals surface area contributed by atoms with Crippen molar-refractivity contribution < 1.29 is 4.79 Å². The molecule has 6 heteroatoms. The normalized spacial score (nSPS) is 16.7. The summed E-state index contributed by atoms with van der Waals surface area (Å²) in [6.07, 6.45) is 9.16. The van der Waals surface area contributed by atoms with Crippen molar-refractivity contribution >= 4 is 29.0 Å². The number of benzene rings is 1. The maximum absolute atomic E-state index is 12.8. The van der Waals surface area contributed by atoms with E-state index in [0.717, 1.165) is 51.4 Å². The fourth-order valence-electron chi connectivity index (χ4n) is 4.70. The van der Waals surface area contributed by atoms with Gasteiger partial charge in [-0.1, -0.05) is 31.2 Å². The van der Waals surface area contributed by atoms with Crippen molar-refractivity contribution in [3.8, 4) is 11.1 Å². The SMILES string of the molecule is Cc1ccc2c(-c3ccc(Nc4ccc5c(n4)C=CC(C)C5)c4c3CNC4=O)cnn2c1. The summed E-state index contributed by atoms with van der Waals surface area (Å²) in [6.45, 7) is 4.76. The van der Waals surface area contributed by atoms with E-state index in [0.29, 0.717) is 18.0 Å². The Hall–Kier alpha value is -3.93. The smallest absolute Gasteiger partial charge is 0.254 e. The molecule has 4 heterocycles. The number of carbonyl (C=O) groups excluding carboxylic acids is 1. The molecule has 1 atom stereocenters. The highest BCUT2D eigenvalue weighted by atomic mass is 16.1. The lowest BCUT2D eigenvalue weighted by atomic mass is 9.94. The third kappa shape index (κ3) is 2.99. The number of carbonyl (C=O) groups is 1. The first kappa shape index (κ1) is 18.8. The summed E-state index contributed by atoms with van der Waals surface area (Å²) in [7, 11) is 0. The van der Waals surface area contributed by atoms with Gasteiger partial charge in [-0.2, -0.15) is 5.10 Å². The van der Waals surface area contributed by atoms with E-state index < -0.39 is 0 Å². The molecular formula is C26H23N5O. The van der Waals surface area contributed by atoms with Crippen molar-refractivity contribution in [3.63, 3.8) is 0 Å². The molecule has 158 valence electrons. The van der Waals surface area contributed by atoms with Gasteiger partial charge in [0.25, 0.3) is 5.91 Å². The van der Waals surface area contributed by atoms with Gasteiger partial charge in [-0.25, -0.2) is 9.50 Å². The van der Waals surface area contributed by atoms with Crippen molar-refractivity contribution in [2.45, 2.75) is 26.8 Å². The van der Waals surface area contributed by atoms with Gasteiger partial charge < -0.3 is 10.6 Å². The molecule has 1 aromatic carbocycles. The van der Waals surface area contributed by atoms with Crippen LogP contribution in [0.1, 0.15) is 39.7 Å². The number of amides is 1. The second-order valence-electron chi connectivity index (χ2n) is 8.70. The van der Waals surface area contributed by atoms with Gasteiger partial charge in [0.2, 0.25) is 0 Å². The maximum Gasteiger partial charge on any atom is 0.254 e. The molecule has 0 bridgehead atoms. The Labute approximate surface area is 186 Å². The van der Waals surface area contributed by atoms with Gasteiger partial charge >= 0.3 is 0 Å². The predicted octanol–water partition coefficient (Wildman–Crippen LogP) is 4.90. The molecule has 0 saturated heterocycles. The van der Waals surface area contributed by atoms with Crippen LogP contribution in [0.4, 0.5) is 11.5 Å². The molecular weight excluding hydrogens is 398 g/mol. The van der Waals surface area contributed by atoms with E-state index in [1.807, 2.05) is 36.0 Å². The summed E-state index contributed by atoms with van der Waals surface area (Å²) in [5.41, 5.74) is 8.91. The number of allylic oxidation sites excluding steroid dienone is 1. The molecule has 6 nitrogen and oxygen atoms in total. The molecule has 1 amide bonds. The lowest BCUT2D eigenvalue weighted by molar-refractivity contribution is 0.0966. The van der Waals surface area contributed by atoms with Gasteiger partial charge in [-0.15, -0.1) is 0 Å². The van der Waals surface area contributed by atoms with Crippen LogP contribution < -0.4 is 10.6 Å². The van der Waals surface area contributed by atoms with Crippen LogP contribution in [-0.2, 0) is 13.0 Å². The van der Waals surface area contributed by atoms with Crippen molar-refractivity contribution in [1.29, 1.82) is 0 Å².